The van der Waals surface area contributed by atoms with Gasteiger partial charge in [0.05, 0.1) is 11.0 Å². The van der Waals surface area contributed by atoms with Crippen molar-refractivity contribution in [3.63, 3.8) is 0 Å². The maximum Gasteiger partial charge on any atom is 0.125 e. The number of imidazole rings is 1. The number of halogens is 1. The number of rotatable bonds is 1. The molecular weight excluding hydrogens is 217 g/mol. The van der Waals surface area contributed by atoms with Crippen molar-refractivity contribution in [1.82, 2.24) is 14.9 Å². The van der Waals surface area contributed by atoms with Gasteiger partial charge in [-0.3, -0.25) is 0 Å². The zero-order valence-corrected chi connectivity index (χ0v) is 9.91. The van der Waals surface area contributed by atoms with Gasteiger partial charge >= 0.3 is 0 Å². The minimum Gasteiger partial charge on any atom is -0.324 e. The van der Waals surface area contributed by atoms with Crippen molar-refractivity contribution in [2.45, 2.75) is 25.8 Å². The number of aryl methyl sites for hydroxylation is 1. The smallest absolute Gasteiger partial charge is 0.125 e. The first-order valence-corrected chi connectivity index (χ1v) is 6.10. The van der Waals surface area contributed by atoms with Crippen molar-refractivity contribution >= 4 is 11.0 Å². The third-order valence-corrected chi connectivity index (χ3v) is 3.46. The third-order valence-electron chi connectivity index (χ3n) is 3.46. The Morgan fingerprint density at radius 2 is 2.35 bits per heavy atom. The maximum absolute atomic E-state index is 13.2. The molecular formula is C13H16FN3. The van der Waals surface area contributed by atoms with E-state index in [9.17, 15) is 4.39 Å². The van der Waals surface area contributed by atoms with Gasteiger partial charge < -0.3 is 9.88 Å². The number of aromatic nitrogens is 2. The second-order valence-electron chi connectivity index (χ2n) is 4.66. The van der Waals surface area contributed by atoms with Gasteiger partial charge in [0.25, 0.3) is 0 Å². The Hall–Kier alpha value is -1.42. The molecule has 0 spiro atoms. The first-order chi connectivity index (χ1) is 8.25. The Bertz CT molecular complexity index is 541. The van der Waals surface area contributed by atoms with Crippen LogP contribution in [0.1, 0.15) is 24.7 Å². The highest BCUT2D eigenvalue weighted by Gasteiger charge is 2.19. The lowest BCUT2D eigenvalue weighted by Crippen LogP contribution is -2.32. The van der Waals surface area contributed by atoms with E-state index in [4.69, 9.17) is 0 Å². The van der Waals surface area contributed by atoms with Crippen LogP contribution in [0.5, 0.6) is 0 Å². The van der Waals surface area contributed by atoms with Crippen LogP contribution in [0.2, 0.25) is 0 Å². The van der Waals surface area contributed by atoms with E-state index in [-0.39, 0.29) is 5.82 Å². The minimum absolute atomic E-state index is 0.219. The lowest BCUT2D eigenvalue weighted by molar-refractivity contribution is 0.373. The van der Waals surface area contributed by atoms with Gasteiger partial charge in [-0.1, -0.05) is 0 Å². The average Bonchev–Trinajstić information content (AvgIpc) is 2.65. The van der Waals surface area contributed by atoms with E-state index in [0.29, 0.717) is 6.04 Å². The van der Waals surface area contributed by atoms with Crippen LogP contribution < -0.4 is 5.32 Å². The molecule has 1 aromatic heterocycles. The Balaban J connectivity index is 2.11. The van der Waals surface area contributed by atoms with Gasteiger partial charge in [-0.2, -0.15) is 0 Å². The van der Waals surface area contributed by atoms with Gasteiger partial charge in [-0.05, 0) is 38.4 Å². The highest BCUT2D eigenvalue weighted by Crippen LogP contribution is 2.25. The quantitative estimate of drug-likeness (QED) is 0.819. The molecule has 1 aromatic carbocycles. The van der Waals surface area contributed by atoms with Crippen LogP contribution in [0.3, 0.4) is 0 Å². The molecule has 1 aliphatic rings. The minimum atomic E-state index is -0.219. The van der Waals surface area contributed by atoms with Crippen LogP contribution >= 0.6 is 0 Å². The topological polar surface area (TPSA) is 29.9 Å². The number of benzene rings is 1. The summed E-state index contributed by atoms with van der Waals surface area (Å²) in [6.07, 6.45) is 2.35. The van der Waals surface area contributed by atoms with Crippen molar-refractivity contribution in [2.75, 3.05) is 13.1 Å². The number of hydrogen-bond donors (Lipinski definition) is 1. The fourth-order valence-electron chi connectivity index (χ4n) is 2.71. The molecule has 0 saturated carbocycles. The molecule has 1 saturated heterocycles. The molecule has 0 amide bonds. The zero-order chi connectivity index (χ0) is 11.8. The summed E-state index contributed by atoms with van der Waals surface area (Å²) >= 11 is 0. The van der Waals surface area contributed by atoms with Gasteiger partial charge in [-0.25, -0.2) is 9.37 Å². The number of hydrogen-bond acceptors (Lipinski definition) is 2. The molecule has 1 atom stereocenters. The summed E-state index contributed by atoms with van der Waals surface area (Å²) in [5.41, 5.74) is 1.80. The second-order valence-corrected chi connectivity index (χ2v) is 4.66. The Morgan fingerprint density at radius 1 is 1.47 bits per heavy atom. The van der Waals surface area contributed by atoms with E-state index in [2.05, 4.69) is 14.9 Å². The molecule has 0 radical (unpaired) electrons. The second kappa shape index (κ2) is 4.11. The summed E-state index contributed by atoms with van der Waals surface area (Å²) in [7, 11) is 0. The monoisotopic (exact) mass is 233 g/mol. The molecule has 90 valence electrons. The van der Waals surface area contributed by atoms with Crippen LogP contribution in [0.25, 0.3) is 11.0 Å². The molecule has 1 unspecified atom stereocenters. The van der Waals surface area contributed by atoms with Gasteiger partial charge in [0.1, 0.15) is 11.6 Å². The van der Waals surface area contributed by atoms with Crippen LogP contribution in [-0.4, -0.2) is 22.6 Å². The predicted octanol–water partition coefficient (Wildman–Crippen LogP) is 2.41. The first kappa shape index (κ1) is 10.7. The Labute approximate surface area is 99.7 Å². The number of piperidine rings is 1. The largest absolute Gasteiger partial charge is 0.324 e. The molecule has 0 aliphatic carbocycles. The van der Waals surface area contributed by atoms with Crippen molar-refractivity contribution in [3.8, 4) is 0 Å². The molecule has 3 nitrogen and oxygen atoms in total. The van der Waals surface area contributed by atoms with E-state index in [0.717, 1.165) is 36.4 Å². The Kier molecular flexibility index (Phi) is 2.59. The van der Waals surface area contributed by atoms with E-state index >= 15 is 0 Å². The molecule has 1 N–H and O–H groups in total. The summed E-state index contributed by atoms with van der Waals surface area (Å²) in [4.78, 5) is 4.44. The van der Waals surface area contributed by atoms with Crippen molar-refractivity contribution < 1.29 is 4.39 Å². The molecule has 1 aliphatic heterocycles. The van der Waals surface area contributed by atoms with Crippen molar-refractivity contribution in [3.05, 3.63) is 29.8 Å². The summed E-state index contributed by atoms with van der Waals surface area (Å²) in [5, 5.41) is 3.40. The van der Waals surface area contributed by atoms with Crippen LogP contribution in [0.4, 0.5) is 4.39 Å². The van der Waals surface area contributed by atoms with Gasteiger partial charge in [0.15, 0.2) is 0 Å². The summed E-state index contributed by atoms with van der Waals surface area (Å²) < 4.78 is 15.4. The zero-order valence-electron chi connectivity index (χ0n) is 9.91. The first-order valence-electron chi connectivity index (χ1n) is 6.10. The Morgan fingerprint density at radius 3 is 3.12 bits per heavy atom. The molecule has 17 heavy (non-hydrogen) atoms. The maximum atomic E-state index is 13.2. The fourth-order valence-corrected chi connectivity index (χ4v) is 2.71. The van der Waals surface area contributed by atoms with E-state index < -0.39 is 0 Å². The molecule has 2 heterocycles. The summed E-state index contributed by atoms with van der Waals surface area (Å²) in [6.45, 7) is 4.06. The third kappa shape index (κ3) is 1.82. The van der Waals surface area contributed by atoms with E-state index in [1.54, 1.807) is 0 Å². The lowest BCUT2D eigenvalue weighted by Gasteiger charge is -2.25. The average molecular weight is 233 g/mol. The van der Waals surface area contributed by atoms with Crippen LogP contribution in [0.15, 0.2) is 18.2 Å². The van der Waals surface area contributed by atoms with Crippen molar-refractivity contribution in [2.24, 2.45) is 0 Å². The molecule has 0 bridgehead atoms. The standard InChI is InChI=1S/C13H16FN3/c1-9-16-12-7-10(14)4-5-13(12)17(9)11-3-2-6-15-8-11/h4-5,7,11,15H,2-3,6,8H2,1H3. The lowest BCUT2D eigenvalue weighted by atomic mass is 10.1. The van der Waals surface area contributed by atoms with Crippen LogP contribution in [0, 0.1) is 12.7 Å². The number of nitrogens with one attached hydrogen (secondary N) is 1. The number of nitrogens with zero attached hydrogens (tertiary/aromatic N) is 2. The van der Waals surface area contributed by atoms with Gasteiger partial charge in [0, 0.05) is 18.7 Å². The molecule has 3 rings (SSSR count). The van der Waals surface area contributed by atoms with E-state index in [1.807, 2.05) is 13.0 Å². The highest BCUT2D eigenvalue weighted by molar-refractivity contribution is 5.76. The van der Waals surface area contributed by atoms with Crippen LogP contribution in [-0.2, 0) is 0 Å². The normalized spacial score (nSPS) is 20.9. The summed E-state index contributed by atoms with van der Waals surface area (Å²) in [6, 6.07) is 5.30. The molecule has 4 heteroatoms. The molecule has 2 aromatic rings. The summed E-state index contributed by atoms with van der Waals surface area (Å²) in [5.74, 6) is 0.753. The van der Waals surface area contributed by atoms with E-state index in [1.165, 1.54) is 18.6 Å². The van der Waals surface area contributed by atoms with Gasteiger partial charge in [0.2, 0.25) is 0 Å². The fraction of sp³-hybridized carbons (Fsp3) is 0.462. The van der Waals surface area contributed by atoms with Gasteiger partial charge in [-0.15, -0.1) is 0 Å². The highest BCUT2D eigenvalue weighted by atomic mass is 19.1. The van der Waals surface area contributed by atoms with Crippen molar-refractivity contribution in [1.29, 1.82) is 0 Å². The predicted molar refractivity (Wildman–Crippen MR) is 65.6 cm³/mol. The molecule has 1 fully saturated rings. The number of fused-ring (bicyclic) bond motifs is 1. The SMILES string of the molecule is Cc1nc2cc(F)ccc2n1C1CCCNC1.